The summed E-state index contributed by atoms with van der Waals surface area (Å²) >= 11 is 1.000. The number of carbonyl (C=O) groups excluding carboxylic acids is 1. The fourth-order valence-corrected chi connectivity index (χ4v) is 2.74. The van der Waals surface area contributed by atoms with E-state index in [4.69, 9.17) is 9.15 Å². The van der Waals surface area contributed by atoms with Crippen LogP contribution in [0, 0.1) is 15.9 Å². The van der Waals surface area contributed by atoms with Crippen molar-refractivity contribution >= 4 is 29.0 Å². The lowest BCUT2D eigenvalue weighted by molar-refractivity contribution is -0.387. The van der Waals surface area contributed by atoms with Crippen molar-refractivity contribution in [2.45, 2.75) is 5.22 Å². The third kappa shape index (κ3) is 4.62. The fourth-order valence-electron chi connectivity index (χ4n) is 2.17. The second-order valence-electron chi connectivity index (χ2n) is 5.36. The maximum atomic E-state index is 13.3. The maximum absolute atomic E-state index is 13.3. The molecule has 1 aromatic heterocycles. The number of amides is 1. The van der Waals surface area contributed by atoms with Crippen molar-refractivity contribution in [3.63, 3.8) is 0 Å². The normalized spacial score (nSPS) is 10.5. The van der Waals surface area contributed by atoms with Crippen LogP contribution in [0.3, 0.4) is 0 Å². The minimum atomic E-state index is -0.978. The fraction of sp³-hybridized carbons (Fsp3) is 0.118. The number of hydrogen-bond acceptors (Lipinski definition) is 8. The second kappa shape index (κ2) is 8.48. The molecule has 3 aromatic rings. The average molecular weight is 404 g/mol. The lowest BCUT2D eigenvalue weighted by Gasteiger charge is -2.04. The monoisotopic (exact) mass is 404 g/mol. The van der Waals surface area contributed by atoms with E-state index in [1.54, 1.807) is 31.4 Å². The lowest BCUT2D eigenvalue weighted by atomic mass is 10.2. The first-order valence-corrected chi connectivity index (χ1v) is 8.79. The summed E-state index contributed by atoms with van der Waals surface area (Å²) in [4.78, 5) is 21.9. The molecule has 11 heteroatoms. The zero-order valence-corrected chi connectivity index (χ0v) is 15.2. The molecule has 2 aromatic carbocycles. The Morgan fingerprint density at radius 1 is 1.29 bits per heavy atom. The van der Waals surface area contributed by atoms with Crippen LogP contribution in [0.4, 0.5) is 15.8 Å². The number of anilines is 1. The van der Waals surface area contributed by atoms with Gasteiger partial charge in [-0.25, -0.2) is 0 Å². The largest absolute Gasteiger partial charge is 0.497 e. The van der Waals surface area contributed by atoms with Gasteiger partial charge in [-0.3, -0.25) is 14.9 Å². The first kappa shape index (κ1) is 19.3. The summed E-state index contributed by atoms with van der Waals surface area (Å²) in [6.45, 7) is 0. The van der Waals surface area contributed by atoms with E-state index in [2.05, 4.69) is 15.5 Å². The number of hydrogen-bond donors (Lipinski definition) is 1. The van der Waals surface area contributed by atoms with Crippen molar-refractivity contribution in [3.8, 4) is 17.2 Å². The van der Waals surface area contributed by atoms with Crippen LogP contribution in [0.1, 0.15) is 0 Å². The summed E-state index contributed by atoms with van der Waals surface area (Å²) in [6.07, 6.45) is 0. The number of rotatable bonds is 7. The van der Waals surface area contributed by atoms with Crippen molar-refractivity contribution in [3.05, 3.63) is 58.4 Å². The van der Waals surface area contributed by atoms with Gasteiger partial charge in [0.25, 0.3) is 5.22 Å². The van der Waals surface area contributed by atoms with Gasteiger partial charge < -0.3 is 14.5 Å². The number of nitro benzene ring substituents is 1. The van der Waals surface area contributed by atoms with Crippen LogP contribution in [0.15, 0.2) is 52.1 Å². The SMILES string of the molecule is COc1ccc(-c2nnc(SCC(=O)Nc3ccc(F)c([N+](=O)[O-])c3)o2)cc1. The van der Waals surface area contributed by atoms with Gasteiger partial charge in [0.1, 0.15) is 5.75 Å². The van der Waals surface area contributed by atoms with E-state index >= 15 is 0 Å². The third-order valence-electron chi connectivity index (χ3n) is 3.50. The highest BCUT2D eigenvalue weighted by Crippen LogP contribution is 2.25. The summed E-state index contributed by atoms with van der Waals surface area (Å²) in [5, 5.41) is 21.2. The Morgan fingerprint density at radius 2 is 2.04 bits per heavy atom. The molecule has 28 heavy (non-hydrogen) atoms. The van der Waals surface area contributed by atoms with Gasteiger partial charge >= 0.3 is 5.69 Å². The number of thioether (sulfide) groups is 1. The topological polar surface area (TPSA) is 120 Å². The van der Waals surface area contributed by atoms with Gasteiger partial charge in [0.05, 0.1) is 17.8 Å². The number of methoxy groups -OCH3 is 1. The molecule has 1 heterocycles. The molecule has 0 aliphatic carbocycles. The van der Waals surface area contributed by atoms with E-state index in [9.17, 15) is 19.3 Å². The molecular weight excluding hydrogens is 391 g/mol. The summed E-state index contributed by atoms with van der Waals surface area (Å²) in [5.74, 6) is -0.533. The number of halogens is 1. The van der Waals surface area contributed by atoms with Crippen molar-refractivity contribution in [1.29, 1.82) is 0 Å². The van der Waals surface area contributed by atoms with Crippen molar-refractivity contribution < 1.29 is 23.3 Å². The molecule has 0 fully saturated rings. The summed E-state index contributed by atoms with van der Waals surface area (Å²) in [5.41, 5.74) is 0.0952. The first-order valence-electron chi connectivity index (χ1n) is 7.81. The molecule has 0 bridgehead atoms. The predicted octanol–water partition coefficient (Wildman–Crippen LogP) is 3.52. The highest BCUT2D eigenvalue weighted by molar-refractivity contribution is 7.99. The maximum Gasteiger partial charge on any atom is 0.306 e. The van der Waals surface area contributed by atoms with Crippen LogP contribution in [0.25, 0.3) is 11.5 Å². The molecule has 0 spiro atoms. The van der Waals surface area contributed by atoms with E-state index < -0.39 is 22.3 Å². The highest BCUT2D eigenvalue weighted by Gasteiger charge is 2.16. The van der Waals surface area contributed by atoms with Crippen LogP contribution in [0.2, 0.25) is 0 Å². The van der Waals surface area contributed by atoms with E-state index in [0.717, 1.165) is 23.9 Å². The molecule has 0 saturated heterocycles. The minimum Gasteiger partial charge on any atom is -0.497 e. The van der Waals surface area contributed by atoms with Crippen molar-refractivity contribution in [2.75, 3.05) is 18.2 Å². The number of benzene rings is 2. The number of nitro groups is 1. The van der Waals surface area contributed by atoms with Gasteiger partial charge in [-0.05, 0) is 36.4 Å². The van der Waals surface area contributed by atoms with Gasteiger partial charge in [-0.1, -0.05) is 11.8 Å². The van der Waals surface area contributed by atoms with Gasteiger partial charge in [0.15, 0.2) is 0 Å². The van der Waals surface area contributed by atoms with E-state index in [0.29, 0.717) is 17.2 Å². The Labute approximate surface area is 162 Å². The standard InChI is InChI=1S/C17H13FN4O5S/c1-26-12-5-2-10(3-6-12)16-20-21-17(27-16)28-9-15(23)19-11-4-7-13(18)14(8-11)22(24)25/h2-8H,9H2,1H3,(H,19,23). The van der Waals surface area contributed by atoms with Crippen LogP contribution in [-0.2, 0) is 4.79 Å². The van der Waals surface area contributed by atoms with Crippen LogP contribution in [0.5, 0.6) is 5.75 Å². The Balaban J connectivity index is 1.58. The predicted molar refractivity (Wildman–Crippen MR) is 98.7 cm³/mol. The number of carbonyl (C=O) groups is 1. The molecule has 0 saturated carbocycles. The highest BCUT2D eigenvalue weighted by atomic mass is 32.2. The van der Waals surface area contributed by atoms with Crippen molar-refractivity contribution in [2.24, 2.45) is 0 Å². The number of aromatic nitrogens is 2. The third-order valence-corrected chi connectivity index (χ3v) is 4.32. The first-order chi connectivity index (χ1) is 13.5. The Morgan fingerprint density at radius 3 is 2.71 bits per heavy atom. The number of ether oxygens (including phenoxy) is 1. The van der Waals surface area contributed by atoms with Crippen LogP contribution in [-0.4, -0.2) is 33.9 Å². The van der Waals surface area contributed by atoms with Gasteiger partial charge in [0.2, 0.25) is 17.6 Å². The van der Waals surface area contributed by atoms with E-state index in [-0.39, 0.29) is 16.7 Å². The second-order valence-corrected chi connectivity index (χ2v) is 6.29. The van der Waals surface area contributed by atoms with Gasteiger partial charge in [-0.2, -0.15) is 4.39 Å². The quantitative estimate of drug-likeness (QED) is 0.361. The lowest BCUT2D eigenvalue weighted by Crippen LogP contribution is -2.14. The molecule has 0 aliphatic rings. The number of nitrogens with one attached hydrogen (secondary N) is 1. The molecule has 0 radical (unpaired) electrons. The summed E-state index contributed by atoms with van der Waals surface area (Å²) in [6, 6.07) is 10.1. The van der Waals surface area contributed by atoms with Crippen LogP contribution >= 0.6 is 11.8 Å². The van der Waals surface area contributed by atoms with Gasteiger partial charge in [0, 0.05) is 17.3 Å². The molecule has 1 N–H and O–H groups in total. The number of nitrogens with zero attached hydrogens (tertiary/aromatic N) is 3. The summed E-state index contributed by atoms with van der Waals surface area (Å²) < 4.78 is 23.9. The minimum absolute atomic E-state index is 0.0740. The van der Waals surface area contributed by atoms with E-state index in [1.807, 2.05) is 0 Å². The summed E-state index contributed by atoms with van der Waals surface area (Å²) in [7, 11) is 1.56. The molecule has 0 unspecified atom stereocenters. The van der Waals surface area contributed by atoms with E-state index in [1.165, 1.54) is 6.07 Å². The Bertz CT molecular complexity index is 1010. The Hall–Kier alpha value is -3.47. The molecular formula is C17H13FN4O5S. The van der Waals surface area contributed by atoms with Crippen molar-refractivity contribution in [1.82, 2.24) is 10.2 Å². The zero-order chi connectivity index (χ0) is 20.1. The average Bonchev–Trinajstić information content (AvgIpc) is 3.17. The Kier molecular flexibility index (Phi) is 5.84. The molecule has 9 nitrogen and oxygen atoms in total. The molecule has 0 aliphatic heterocycles. The molecule has 0 atom stereocenters. The zero-order valence-electron chi connectivity index (χ0n) is 14.4. The van der Waals surface area contributed by atoms with Crippen LogP contribution < -0.4 is 10.1 Å². The smallest absolute Gasteiger partial charge is 0.306 e. The molecule has 3 rings (SSSR count). The van der Waals surface area contributed by atoms with Gasteiger partial charge in [-0.15, -0.1) is 10.2 Å². The molecule has 1 amide bonds. The molecule has 144 valence electrons.